The summed E-state index contributed by atoms with van der Waals surface area (Å²) < 4.78 is 7.59. The third kappa shape index (κ3) is 2.36. The van der Waals surface area contributed by atoms with Gasteiger partial charge in [0, 0.05) is 0 Å². The molecule has 1 heterocycles. The monoisotopic (exact) mass is 189 g/mol. The zero-order valence-electron chi connectivity index (χ0n) is 7.89. The van der Waals surface area contributed by atoms with Crippen molar-refractivity contribution < 1.29 is 9.30 Å². The number of H-pyrrole nitrogens is 1. The molecule has 0 unspecified atom stereocenters. The third-order valence-corrected chi connectivity index (χ3v) is 1.96. The molecule has 2 aromatic rings. The average molecular weight is 189 g/mol. The molecule has 1 aromatic heterocycles. The molecule has 0 aliphatic carbocycles. The lowest BCUT2D eigenvalue weighted by Gasteiger charge is -2.03. The highest BCUT2D eigenvalue weighted by Crippen LogP contribution is 2.07. The number of imidazole rings is 1. The molecule has 0 amide bonds. The predicted molar refractivity (Wildman–Crippen MR) is 52.9 cm³/mol. The van der Waals surface area contributed by atoms with Crippen LogP contribution in [-0.2, 0) is 6.54 Å². The van der Waals surface area contributed by atoms with Crippen molar-refractivity contribution in [3.05, 3.63) is 49.1 Å². The van der Waals surface area contributed by atoms with Gasteiger partial charge in [-0.1, -0.05) is 18.2 Å². The number of para-hydroxylation sites is 1. The molecule has 0 saturated carbocycles. The Bertz CT molecular complexity index is 356. The molecule has 1 N–H and O–H groups in total. The first kappa shape index (κ1) is 8.81. The molecule has 14 heavy (non-hydrogen) atoms. The van der Waals surface area contributed by atoms with Crippen LogP contribution in [0, 0.1) is 0 Å². The summed E-state index contributed by atoms with van der Waals surface area (Å²) in [6, 6.07) is 9.84. The summed E-state index contributed by atoms with van der Waals surface area (Å²) in [7, 11) is 0. The molecule has 0 atom stereocenters. The van der Waals surface area contributed by atoms with E-state index in [0.29, 0.717) is 6.61 Å². The average Bonchev–Trinajstić information content (AvgIpc) is 2.72. The zero-order valence-corrected chi connectivity index (χ0v) is 7.89. The smallest absolute Gasteiger partial charge is 0.241 e. The molecular weight excluding hydrogens is 176 g/mol. The van der Waals surface area contributed by atoms with Crippen molar-refractivity contribution in [3.8, 4) is 5.75 Å². The van der Waals surface area contributed by atoms with Crippen molar-refractivity contribution in [1.29, 1.82) is 0 Å². The van der Waals surface area contributed by atoms with Gasteiger partial charge < -0.3 is 4.74 Å². The summed E-state index contributed by atoms with van der Waals surface area (Å²) in [6.45, 7) is 1.55. The van der Waals surface area contributed by atoms with E-state index in [4.69, 9.17) is 4.74 Å². The van der Waals surface area contributed by atoms with Gasteiger partial charge in [-0.05, 0) is 12.1 Å². The molecule has 0 fully saturated rings. The van der Waals surface area contributed by atoms with Gasteiger partial charge in [0.1, 0.15) is 31.3 Å². The lowest BCUT2D eigenvalue weighted by Crippen LogP contribution is -2.33. The van der Waals surface area contributed by atoms with Crippen LogP contribution < -0.4 is 9.30 Å². The Morgan fingerprint density at radius 1 is 1.21 bits per heavy atom. The molecule has 72 valence electrons. The maximum atomic E-state index is 5.54. The van der Waals surface area contributed by atoms with Crippen LogP contribution in [0.2, 0.25) is 0 Å². The van der Waals surface area contributed by atoms with Gasteiger partial charge >= 0.3 is 0 Å². The van der Waals surface area contributed by atoms with Gasteiger partial charge in [-0.2, -0.15) is 0 Å². The summed E-state index contributed by atoms with van der Waals surface area (Å²) in [5.74, 6) is 0.920. The van der Waals surface area contributed by atoms with E-state index in [0.717, 1.165) is 12.3 Å². The Morgan fingerprint density at radius 3 is 2.79 bits per heavy atom. The molecule has 0 radical (unpaired) electrons. The SMILES string of the molecule is c1ccc(OCC[n+]2cc[nH]c2)cc1. The highest BCUT2D eigenvalue weighted by molar-refractivity contribution is 5.20. The Labute approximate surface area is 83.0 Å². The van der Waals surface area contributed by atoms with Crippen LogP contribution in [0.4, 0.5) is 0 Å². The van der Waals surface area contributed by atoms with Crippen LogP contribution in [-0.4, -0.2) is 11.6 Å². The first-order valence-electron chi connectivity index (χ1n) is 4.65. The quantitative estimate of drug-likeness (QED) is 0.723. The van der Waals surface area contributed by atoms with E-state index in [9.17, 15) is 0 Å². The van der Waals surface area contributed by atoms with Crippen molar-refractivity contribution in [2.45, 2.75) is 6.54 Å². The van der Waals surface area contributed by atoms with E-state index < -0.39 is 0 Å². The second kappa shape index (κ2) is 4.46. The fourth-order valence-electron chi connectivity index (χ4n) is 1.25. The Morgan fingerprint density at radius 2 is 2.07 bits per heavy atom. The molecule has 3 heteroatoms. The normalized spacial score (nSPS) is 10.0. The summed E-state index contributed by atoms with van der Waals surface area (Å²) in [5, 5.41) is 0. The zero-order chi connectivity index (χ0) is 9.64. The van der Waals surface area contributed by atoms with Crippen LogP contribution in [0.25, 0.3) is 0 Å². The Balaban J connectivity index is 1.79. The minimum absolute atomic E-state index is 0.687. The van der Waals surface area contributed by atoms with Crippen LogP contribution in [0.1, 0.15) is 0 Å². The summed E-state index contributed by atoms with van der Waals surface area (Å²) in [5.41, 5.74) is 0. The van der Waals surface area contributed by atoms with E-state index in [1.54, 1.807) is 0 Å². The van der Waals surface area contributed by atoms with Crippen molar-refractivity contribution >= 4 is 0 Å². The van der Waals surface area contributed by atoms with Gasteiger partial charge in [-0.25, -0.2) is 4.57 Å². The molecule has 0 spiro atoms. The second-order valence-corrected chi connectivity index (χ2v) is 3.01. The Hall–Kier alpha value is -1.77. The fraction of sp³-hybridized carbons (Fsp3) is 0.182. The molecule has 3 nitrogen and oxygen atoms in total. The molecule has 0 saturated heterocycles. The molecule has 2 rings (SSSR count). The van der Waals surface area contributed by atoms with Crippen LogP contribution in [0.5, 0.6) is 5.75 Å². The number of nitrogens with zero attached hydrogens (tertiary/aromatic N) is 1. The van der Waals surface area contributed by atoms with Crippen LogP contribution in [0.3, 0.4) is 0 Å². The van der Waals surface area contributed by atoms with Crippen molar-refractivity contribution in [2.75, 3.05) is 6.61 Å². The van der Waals surface area contributed by atoms with Gasteiger partial charge in [-0.3, -0.25) is 4.98 Å². The minimum Gasteiger partial charge on any atom is -0.489 e. The van der Waals surface area contributed by atoms with E-state index in [2.05, 4.69) is 4.98 Å². The maximum absolute atomic E-state index is 5.54. The standard InChI is InChI=1S/C11H12N2O/c1-2-4-11(5-3-1)14-9-8-13-7-6-12-10-13/h1-7,10H,8-9H2/p+1. The number of hydrogen-bond donors (Lipinski definition) is 1. The molecule has 0 aliphatic heterocycles. The van der Waals surface area contributed by atoms with E-state index in [-0.39, 0.29) is 0 Å². The first-order valence-corrected chi connectivity index (χ1v) is 4.65. The largest absolute Gasteiger partial charge is 0.489 e. The first-order chi connectivity index (χ1) is 6.95. The van der Waals surface area contributed by atoms with Gasteiger partial charge in [0.05, 0.1) is 0 Å². The van der Waals surface area contributed by atoms with E-state index in [1.807, 2.05) is 53.6 Å². The number of aromatic amines is 1. The van der Waals surface area contributed by atoms with Crippen LogP contribution >= 0.6 is 0 Å². The summed E-state index contributed by atoms with van der Waals surface area (Å²) in [4.78, 5) is 2.99. The summed E-state index contributed by atoms with van der Waals surface area (Å²) >= 11 is 0. The van der Waals surface area contributed by atoms with Crippen molar-refractivity contribution in [1.82, 2.24) is 4.98 Å². The molecular formula is C11H13N2O+. The van der Waals surface area contributed by atoms with Crippen LogP contribution in [0.15, 0.2) is 49.1 Å². The number of nitrogens with one attached hydrogen (secondary N) is 1. The van der Waals surface area contributed by atoms with Gasteiger partial charge in [0.25, 0.3) is 0 Å². The molecule has 0 bridgehead atoms. The summed E-state index contributed by atoms with van der Waals surface area (Å²) in [6.07, 6.45) is 5.78. The topological polar surface area (TPSA) is 28.9 Å². The minimum atomic E-state index is 0.687. The lowest BCUT2D eigenvalue weighted by atomic mass is 10.3. The molecule has 0 aliphatic rings. The van der Waals surface area contributed by atoms with Crippen molar-refractivity contribution in [2.24, 2.45) is 0 Å². The number of benzene rings is 1. The van der Waals surface area contributed by atoms with Gasteiger partial charge in [0.2, 0.25) is 6.33 Å². The van der Waals surface area contributed by atoms with Gasteiger partial charge in [0.15, 0.2) is 0 Å². The maximum Gasteiger partial charge on any atom is 0.241 e. The molecule has 1 aromatic carbocycles. The lowest BCUT2D eigenvalue weighted by molar-refractivity contribution is -0.696. The highest BCUT2D eigenvalue weighted by atomic mass is 16.5. The fourth-order valence-corrected chi connectivity index (χ4v) is 1.25. The van der Waals surface area contributed by atoms with E-state index in [1.165, 1.54) is 0 Å². The van der Waals surface area contributed by atoms with Crippen molar-refractivity contribution in [3.63, 3.8) is 0 Å². The Kier molecular flexibility index (Phi) is 2.81. The number of aromatic nitrogens is 2. The van der Waals surface area contributed by atoms with Gasteiger partial charge in [-0.15, -0.1) is 0 Å². The van der Waals surface area contributed by atoms with E-state index >= 15 is 0 Å². The number of ether oxygens (including phenoxy) is 1. The highest BCUT2D eigenvalue weighted by Gasteiger charge is 1.96. The number of hydrogen-bond acceptors (Lipinski definition) is 1. The number of rotatable bonds is 4. The third-order valence-electron chi connectivity index (χ3n) is 1.96. The predicted octanol–water partition coefficient (Wildman–Crippen LogP) is 1.38. The second-order valence-electron chi connectivity index (χ2n) is 3.01.